The fourth-order valence-electron chi connectivity index (χ4n) is 3.32. The number of hydrogen-bond donors (Lipinski definition) is 2. The van der Waals surface area contributed by atoms with Gasteiger partial charge in [0.1, 0.15) is 5.82 Å². The van der Waals surface area contributed by atoms with Crippen LogP contribution in [0.5, 0.6) is 0 Å². The second-order valence-electron chi connectivity index (χ2n) is 7.19. The number of thiazole rings is 1. The number of halogens is 4. The fraction of sp³-hybridized carbons (Fsp3) is 0.500. The van der Waals surface area contributed by atoms with Crippen LogP contribution in [-0.2, 0) is 19.1 Å². The normalized spacial score (nSPS) is 16.6. The second-order valence-corrected chi connectivity index (χ2v) is 8.14. The van der Waals surface area contributed by atoms with E-state index in [-0.39, 0.29) is 11.9 Å². The molecule has 3 rings (SSSR count). The predicted octanol–water partition coefficient (Wildman–Crippen LogP) is 3.67. The lowest BCUT2D eigenvalue weighted by molar-refractivity contribution is -0.140. The third-order valence-corrected chi connectivity index (χ3v) is 5.85. The Balaban J connectivity index is 1.38. The Kier molecular flexibility index (Phi) is 7.65. The molecule has 2 heterocycles. The lowest BCUT2D eigenvalue weighted by Crippen LogP contribution is -2.48. The molecule has 30 heavy (non-hydrogen) atoms. The molecule has 0 saturated carbocycles. The Labute approximate surface area is 177 Å². The van der Waals surface area contributed by atoms with Crippen LogP contribution in [0.2, 0.25) is 0 Å². The van der Waals surface area contributed by atoms with Gasteiger partial charge in [-0.25, -0.2) is 9.37 Å². The van der Waals surface area contributed by atoms with E-state index in [1.807, 2.05) is 12.1 Å². The lowest BCUT2D eigenvalue weighted by atomic mass is 10.0. The van der Waals surface area contributed by atoms with E-state index in [0.29, 0.717) is 23.9 Å². The summed E-state index contributed by atoms with van der Waals surface area (Å²) in [6.07, 6.45) is -2.10. The highest BCUT2D eigenvalue weighted by Crippen LogP contribution is 2.30. The average Bonchev–Trinajstić information content (AvgIpc) is 3.20. The van der Waals surface area contributed by atoms with E-state index >= 15 is 0 Å². The first kappa shape index (κ1) is 22.5. The minimum Gasteiger partial charge on any atom is -0.356 e. The minimum atomic E-state index is -4.40. The maximum atomic E-state index is 13.0. The van der Waals surface area contributed by atoms with Crippen LogP contribution in [0.1, 0.15) is 29.1 Å². The number of alkyl halides is 3. The van der Waals surface area contributed by atoms with Crippen LogP contribution < -0.4 is 10.6 Å². The second kappa shape index (κ2) is 10.2. The maximum Gasteiger partial charge on any atom is 0.434 e. The summed E-state index contributed by atoms with van der Waals surface area (Å²) < 4.78 is 50.9. The van der Waals surface area contributed by atoms with Crippen molar-refractivity contribution in [2.24, 2.45) is 4.99 Å². The number of piperidine rings is 1. The van der Waals surface area contributed by atoms with Crippen LogP contribution in [-0.4, -0.2) is 48.6 Å². The number of rotatable bonds is 6. The Bertz CT molecular complexity index is 826. The summed E-state index contributed by atoms with van der Waals surface area (Å²) in [5.74, 6) is 0.413. The molecule has 2 aromatic rings. The summed E-state index contributed by atoms with van der Waals surface area (Å²) in [6, 6.07) is 6.86. The van der Waals surface area contributed by atoms with Crippen LogP contribution >= 0.6 is 11.3 Å². The van der Waals surface area contributed by atoms with Crippen LogP contribution in [0.25, 0.3) is 0 Å². The number of nitrogens with zero attached hydrogens (tertiary/aromatic N) is 3. The van der Waals surface area contributed by atoms with E-state index in [0.717, 1.165) is 54.8 Å². The van der Waals surface area contributed by atoms with Crippen molar-refractivity contribution in [1.82, 2.24) is 20.5 Å². The summed E-state index contributed by atoms with van der Waals surface area (Å²) in [5.41, 5.74) is 0.258. The Hall–Kier alpha value is -2.20. The highest BCUT2D eigenvalue weighted by Gasteiger charge is 2.33. The quantitative estimate of drug-likeness (QED) is 0.406. The predicted molar refractivity (Wildman–Crippen MR) is 110 cm³/mol. The third kappa shape index (κ3) is 6.66. The van der Waals surface area contributed by atoms with Gasteiger partial charge >= 0.3 is 6.18 Å². The topological polar surface area (TPSA) is 52.6 Å². The molecule has 0 spiro atoms. The highest BCUT2D eigenvalue weighted by molar-refractivity contribution is 7.09. The standard InChI is InChI=1S/C20H25F4N5S/c1-25-19(26-9-6-18-28-17(13-30-18)20(22,23)24)27-16-7-10-29(11-8-16)12-14-2-4-15(21)5-3-14/h2-5,13,16H,6-12H2,1H3,(H2,25,26,27). The SMILES string of the molecule is CN=C(NCCc1nc(C(F)(F)F)cs1)NC1CCN(Cc2ccc(F)cc2)CC1. The van der Waals surface area contributed by atoms with Crippen molar-refractivity contribution in [3.63, 3.8) is 0 Å². The average molecular weight is 444 g/mol. The molecule has 0 unspecified atom stereocenters. The third-order valence-electron chi connectivity index (χ3n) is 4.94. The molecule has 164 valence electrons. The van der Waals surface area contributed by atoms with Crippen molar-refractivity contribution >= 4 is 17.3 Å². The molecule has 0 amide bonds. The van der Waals surface area contributed by atoms with Crippen molar-refractivity contribution in [2.75, 3.05) is 26.7 Å². The zero-order valence-electron chi connectivity index (χ0n) is 16.7. The smallest absolute Gasteiger partial charge is 0.356 e. The molecule has 1 fully saturated rings. The van der Waals surface area contributed by atoms with Gasteiger partial charge in [-0.05, 0) is 30.5 Å². The molecule has 1 saturated heterocycles. The molecule has 2 N–H and O–H groups in total. The molecule has 1 aromatic carbocycles. The maximum absolute atomic E-state index is 13.0. The first-order chi connectivity index (χ1) is 14.3. The van der Waals surface area contributed by atoms with Gasteiger partial charge in [-0.15, -0.1) is 11.3 Å². The monoisotopic (exact) mass is 443 g/mol. The van der Waals surface area contributed by atoms with Gasteiger partial charge in [0.2, 0.25) is 0 Å². The lowest BCUT2D eigenvalue weighted by Gasteiger charge is -2.33. The minimum absolute atomic E-state index is 0.226. The van der Waals surface area contributed by atoms with Gasteiger partial charge in [-0.3, -0.25) is 9.89 Å². The molecule has 1 aromatic heterocycles. The van der Waals surface area contributed by atoms with Gasteiger partial charge in [0, 0.05) is 51.1 Å². The fourth-order valence-corrected chi connectivity index (χ4v) is 4.12. The van der Waals surface area contributed by atoms with Gasteiger partial charge in [-0.2, -0.15) is 13.2 Å². The van der Waals surface area contributed by atoms with Crippen LogP contribution in [0.4, 0.5) is 17.6 Å². The number of likely N-dealkylation sites (tertiary alicyclic amines) is 1. The molecule has 0 aliphatic carbocycles. The molecule has 0 radical (unpaired) electrons. The van der Waals surface area contributed by atoms with E-state index in [2.05, 4.69) is 25.5 Å². The first-order valence-electron chi connectivity index (χ1n) is 9.79. The number of benzene rings is 1. The molecule has 10 heteroatoms. The Morgan fingerprint density at radius 3 is 2.53 bits per heavy atom. The summed E-state index contributed by atoms with van der Waals surface area (Å²) in [7, 11) is 1.67. The largest absolute Gasteiger partial charge is 0.434 e. The van der Waals surface area contributed by atoms with E-state index in [1.165, 1.54) is 12.1 Å². The van der Waals surface area contributed by atoms with Crippen molar-refractivity contribution in [1.29, 1.82) is 0 Å². The molecule has 0 atom stereocenters. The van der Waals surface area contributed by atoms with Gasteiger partial charge in [0.15, 0.2) is 11.7 Å². The van der Waals surface area contributed by atoms with Crippen LogP contribution in [0.3, 0.4) is 0 Å². The number of hydrogen-bond acceptors (Lipinski definition) is 4. The summed E-state index contributed by atoms with van der Waals surface area (Å²) in [5, 5.41) is 8.01. The molecule has 0 bridgehead atoms. The molecule has 1 aliphatic rings. The highest BCUT2D eigenvalue weighted by atomic mass is 32.1. The van der Waals surface area contributed by atoms with Crippen LogP contribution in [0, 0.1) is 5.82 Å². The van der Waals surface area contributed by atoms with Crippen molar-refractivity contribution in [2.45, 2.75) is 38.0 Å². The summed E-state index contributed by atoms with van der Waals surface area (Å²) in [6.45, 7) is 3.10. The van der Waals surface area contributed by atoms with Gasteiger partial charge < -0.3 is 10.6 Å². The molecular formula is C20H25F4N5S. The van der Waals surface area contributed by atoms with Crippen LogP contribution in [0.15, 0.2) is 34.6 Å². The van der Waals surface area contributed by atoms with Crippen molar-refractivity contribution < 1.29 is 17.6 Å². The molecule has 1 aliphatic heterocycles. The Morgan fingerprint density at radius 1 is 1.23 bits per heavy atom. The van der Waals surface area contributed by atoms with E-state index in [4.69, 9.17) is 0 Å². The summed E-state index contributed by atoms with van der Waals surface area (Å²) in [4.78, 5) is 10.2. The number of aromatic nitrogens is 1. The van der Waals surface area contributed by atoms with E-state index < -0.39 is 11.9 Å². The van der Waals surface area contributed by atoms with E-state index in [9.17, 15) is 17.6 Å². The number of guanidine groups is 1. The van der Waals surface area contributed by atoms with Gasteiger partial charge in [0.25, 0.3) is 0 Å². The number of nitrogens with one attached hydrogen (secondary N) is 2. The van der Waals surface area contributed by atoms with E-state index in [1.54, 1.807) is 7.05 Å². The molecule has 5 nitrogen and oxygen atoms in total. The zero-order valence-corrected chi connectivity index (χ0v) is 17.5. The van der Waals surface area contributed by atoms with Crippen molar-refractivity contribution in [3.05, 3.63) is 51.7 Å². The van der Waals surface area contributed by atoms with Gasteiger partial charge in [-0.1, -0.05) is 12.1 Å². The molecular weight excluding hydrogens is 418 g/mol. The van der Waals surface area contributed by atoms with Crippen molar-refractivity contribution in [3.8, 4) is 0 Å². The Morgan fingerprint density at radius 2 is 1.93 bits per heavy atom. The summed E-state index contributed by atoms with van der Waals surface area (Å²) >= 11 is 1.02. The first-order valence-corrected chi connectivity index (χ1v) is 10.7. The zero-order chi connectivity index (χ0) is 21.6. The number of aliphatic imine (C=N–C) groups is 1. The van der Waals surface area contributed by atoms with Gasteiger partial charge in [0.05, 0.1) is 5.01 Å².